The first-order chi connectivity index (χ1) is 16.6. The first-order valence-electron chi connectivity index (χ1n) is 12.0. The standard InChI is InChI=1S/C27H33N5O3.ClH/c1-5-29-25(34)17-10-11-18-15-32(31-26(35)27(3,4)28)23(13-19(18)12-17)24(33)16(2)21-14-30-22-9-7-6-8-20(21)22;/h6-12,14,16,23,30H,5,13,15,28H2,1-4H3,(H,29,34)(H,31,35);1H. The molecule has 2 aromatic carbocycles. The first kappa shape index (κ1) is 27.4. The van der Waals surface area contributed by atoms with E-state index in [0.717, 1.165) is 27.6 Å². The lowest BCUT2D eigenvalue weighted by Crippen LogP contribution is -2.60. The monoisotopic (exact) mass is 511 g/mol. The van der Waals surface area contributed by atoms with Gasteiger partial charge >= 0.3 is 0 Å². The number of hydrogen-bond donors (Lipinski definition) is 4. The molecule has 2 amide bonds. The summed E-state index contributed by atoms with van der Waals surface area (Å²) in [7, 11) is 0. The summed E-state index contributed by atoms with van der Waals surface area (Å²) in [6.07, 6.45) is 2.25. The Kier molecular flexibility index (Phi) is 8.23. The van der Waals surface area contributed by atoms with Crippen molar-refractivity contribution in [2.75, 3.05) is 6.54 Å². The van der Waals surface area contributed by atoms with E-state index in [4.69, 9.17) is 5.73 Å². The molecule has 0 aliphatic carbocycles. The van der Waals surface area contributed by atoms with Crippen molar-refractivity contribution < 1.29 is 14.4 Å². The second-order valence-corrected chi connectivity index (χ2v) is 9.77. The molecule has 5 N–H and O–H groups in total. The Morgan fingerprint density at radius 1 is 1.17 bits per heavy atom. The fourth-order valence-electron chi connectivity index (χ4n) is 4.53. The van der Waals surface area contributed by atoms with E-state index in [2.05, 4.69) is 15.7 Å². The van der Waals surface area contributed by atoms with E-state index in [1.54, 1.807) is 24.9 Å². The number of hydrazine groups is 1. The van der Waals surface area contributed by atoms with Gasteiger partial charge in [-0.25, -0.2) is 5.01 Å². The number of nitrogens with one attached hydrogen (secondary N) is 3. The second kappa shape index (κ2) is 10.8. The molecule has 2 heterocycles. The third-order valence-corrected chi connectivity index (χ3v) is 6.61. The van der Waals surface area contributed by atoms with E-state index in [0.29, 0.717) is 25.1 Å². The van der Waals surface area contributed by atoms with Crippen molar-refractivity contribution in [3.05, 3.63) is 70.9 Å². The van der Waals surface area contributed by atoms with Crippen LogP contribution in [0.2, 0.25) is 0 Å². The number of benzene rings is 2. The van der Waals surface area contributed by atoms with Gasteiger partial charge in [-0.3, -0.25) is 19.8 Å². The van der Waals surface area contributed by atoms with Crippen molar-refractivity contribution >= 4 is 40.9 Å². The molecule has 2 atom stereocenters. The minimum atomic E-state index is -1.10. The summed E-state index contributed by atoms with van der Waals surface area (Å²) in [5, 5.41) is 5.51. The number of fused-ring (bicyclic) bond motifs is 2. The van der Waals surface area contributed by atoms with Crippen LogP contribution in [-0.4, -0.2) is 45.7 Å². The van der Waals surface area contributed by atoms with Crippen molar-refractivity contribution in [3.63, 3.8) is 0 Å². The van der Waals surface area contributed by atoms with Crippen molar-refractivity contribution in [2.45, 2.75) is 58.2 Å². The minimum absolute atomic E-state index is 0. The van der Waals surface area contributed by atoms with Gasteiger partial charge in [-0.15, -0.1) is 12.4 Å². The zero-order chi connectivity index (χ0) is 25.3. The Labute approximate surface area is 217 Å². The van der Waals surface area contributed by atoms with Crippen LogP contribution in [0.5, 0.6) is 0 Å². The Bertz CT molecular complexity index is 1280. The molecule has 3 aromatic rings. The molecule has 2 unspecified atom stereocenters. The van der Waals surface area contributed by atoms with Gasteiger partial charge in [-0.2, -0.15) is 0 Å². The van der Waals surface area contributed by atoms with Crippen LogP contribution in [-0.2, 0) is 22.6 Å². The maximum Gasteiger partial charge on any atom is 0.253 e. The van der Waals surface area contributed by atoms with Crippen molar-refractivity contribution in [1.82, 2.24) is 20.7 Å². The third-order valence-electron chi connectivity index (χ3n) is 6.61. The van der Waals surface area contributed by atoms with Crippen LogP contribution in [0.4, 0.5) is 0 Å². The summed E-state index contributed by atoms with van der Waals surface area (Å²) in [4.78, 5) is 42.3. The van der Waals surface area contributed by atoms with Crippen molar-refractivity contribution in [3.8, 4) is 0 Å². The van der Waals surface area contributed by atoms with Gasteiger partial charge < -0.3 is 16.0 Å². The van der Waals surface area contributed by atoms with Crippen LogP contribution in [0.25, 0.3) is 10.9 Å². The van der Waals surface area contributed by atoms with Gasteiger partial charge in [0.1, 0.15) is 0 Å². The van der Waals surface area contributed by atoms with E-state index in [1.807, 2.05) is 56.4 Å². The van der Waals surface area contributed by atoms with Gasteiger partial charge in [0.2, 0.25) is 0 Å². The highest BCUT2D eigenvalue weighted by Gasteiger charge is 2.37. The van der Waals surface area contributed by atoms with Crippen molar-refractivity contribution in [1.29, 1.82) is 0 Å². The van der Waals surface area contributed by atoms with Gasteiger partial charge in [-0.1, -0.05) is 31.2 Å². The zero-order valence-electron chi connectivity index (χ0n) is 21.1. The van der Waals surface area contributed by atoms with Crippen LogP contribution in [0, 0.1) is 0 Å². The fourth-order valence-corrected chi connectivity index (χ4v) is 4.53. The molecular formula is C27H34ClN5O3. The minimum Gasteiger partial charge on any atom is -0.361 e. The topological polar surface area (TPSA) is 120 Å². The average molecular weight is 512 g/mol. The number of amides is 2. The second-order valence-electron chi connectivity index (χ2n) is 9.77. The maximum absolute atomic E-state index is 13.9. The van der Waals surface area contributed by atoms with Crippen LogP contribution in [0.1, 0.15) is 60.7 Å². The molecule has 0 bridgehead atoms. The quantitative estimate of drug-likeness (QED) is 0.388. The number of carbonyl (C=O) groups is 3. The van der Waals surface area contributed by atoms with Gasteiger partial charge in [-0.05, 0) is 62.1 Å². The number of nitrogens with zero attached hydrogens (tertiary/aromatic N) is 1. The van der Waals surface area contributed by atoms with Crippen LogP contribution in [0.15, 0.2) is 48.7 Å². The van der Waals surface area contributed by atoms with E-state index >= 15 is 0 Å². The van der Waals surface area contributed by atoms with Gasteiger partial charge in [0.15, 0.2) is 5.78 Å². The Hall–Kier alpha value is -3.20. The first-order valence-corrected chi connectivity index (χ1v) is 12.0. The fraction of sp³-hybridized carbons (Fsp3) is 0.370. The third kappa shape index (κ3) is 5.46. The molecule has 8 nitrogen and oxygen atoms in total. The predicted molar refractivity (Wildman–Crippen MR) is 143 cm³/mol. The van der Waals surface area contributed by atoms with Crippen LogP contribution in [0.3, 0.4) is 0 Å². The van der Waals surface area contributed by atoms with Crippen molar-refractivity contribution in [2.24, 2.45) is 5.73 Å². The van der Waals surface area contributed by atoms with Crippen LogP contribution >= 0.6 is 12.4 Å². The summed E-state index contributed by atoms with van der Waals surface area (Å²) in [6, 6.07) is 12.8. The highest BCUT2D eigenvalue weighted by atomic mass is 35.5. The summed E-state index contributed by atoms with van der Waals surface area (Å²) in [6.45, 7) is 7.90. The average Bonchev–Trinajstić information content (AvgIpc) is 3.26. The molecule has 0 fully saturated rings. The smallest absolute Gasteiger partial charge is 0.253 e. The number of aromatic amines is 1. The van der Waals surface area contributed by atoms with E-state index in [1.165, 1.54) is 0 Å². The van der Waals surface area contributed by atoms with Gasteiger partial charge in [0.25, 0.3) is 11.8 Å². The number of Topliss-reactive ketones (excluding diaryl/α,β-unsaturated/α-hetero) is 1. The molecule has 9 heteroatoms. The lowest BCUT2D eigenvalue weighted by molar-refractivity contribution is -0.136. The molecule has 36 heavy (non-hydrogen) atoms. The molecule has 0 saturated carbocycles. The van der Waals surface area contributed by atoms with E-state index < -0.39 is 17.5 Å². The number of hydrogen-bond acceptors (Lipinski definition) is 5. The molecule has 4 rings (SSSR count). The highest BCUT2D eigenvalue weighted by molar-refractivity contribution is 5.97. The molecule has 1 aliphatic rings. The number of aromatic nitrogens is 1. The summed E-state index contributed by atoms with van der Waals surface area (Å²) in [5.41, 5.74) is 12.1. The summed E-state index contributed by atoms with van der Waals surface area (Å²) >= 11 is 0. The Balaban J connectivity index is 0.00000361. The molecule has 0 saturated heterocycles. The number of H-pyrrole nitrogens is 1. The number of nitrogens with two attached hydrogens (primary N) is 1. The molecule has 0 radical (unpaired) electrons. The number of rotatable bonds is 7. The highest BCUT2D eigenvalue weighted by Crippen LogP contribution is 2.31. The Morgan fingerprint density at radius 2 is 1.89 bits per heavy atom. The predicted octanol–water partition coefficient (Wildman–Crippen LogP) is 3.21. The maximum atomic E-state index is 13.9. The molecule has 1 aromatic heterocycles. The SMILES string of the molecule is CCNC(=O)c1ccc2c(c1)CC(C(=O)C(C)c1c[nH]c3ccccc13)N(NC(=O)C(C)(C)N)C2.Cl. The number of para-hydroxylation sites is 1. The van der Waals surface area contributed by atoms with E-state index in [-0.39, 0.29) is 30.0 Å². The lowest BCUT2D eigenvalue weighted by Gasteiger charge is -2.38. The van der Waals surface area contributed by atoms with Gasteiger partial charge in [0, 0.05) is 41.7 Å². The number of ketones is 1. The Morgan fingerprint density at radius 3 is 2.58 bits per heavy atom. The summed E-state index contributed by atoms with van der Waals surface area (Å²) in [5.74, 6) is -0.933. The van der Waals surface area contributed by atoms with Gasteiger partial charge in [0.05, 0.1) is 11.6 Å². The zero-order valence-corrected chi connectivity index (χ0v) is 21.9. The largest absolute Gasteiger partial charge is 0.361 e. The molecule has 1 aliphatic heterocycles. The normalized spacial score (nSPS) is 16.5. The molecule has 0 spiro atoms. The number of carbonyl (C=O) groups excluding carboxylic acids is 3. The number of halogens is 1. The molecular weight excluding hydrogens is 478 g/mol. The van der Waals surface area contributed by atoms with Crippen LogP contribution < -0.4 is 16.5 Å². The lowest BCUT2D eigenvalue weighted by atomic mass is 9.85. The summed E-state index contributed by atoms with van der Waals surface area (Å²) < 4.78 is 0. The van der Waals surface area contributed by atoms with E-state index in [9.17, 15) is 14.4 Å². The molecule has 192 valence electrons.